The molecular formula is C13H20N2O4S. The Morgan fingerprint density at radius 3 is 2.80 bits per heavy atom. The molecular weight excluding hydrogens is 280 g/mol. The molecule has 7 heteroatoms. The summed E-state index contributed by atoms with van der Waals surface area (Å²) in [5, 5.41) is 0. The highest BCUT2D eigenvalue weighted by atomic mass is 32.2. The molecule has 1 aliphatic rings. The van der Waals surface area contributed by atoms with E-state index in [0.717, 1.165) is 12.8 Å². The lowest BCUT2D eigenvalue weighted by atomic mass is 10.1. The van der Waals surface area contributed by atoms with Gasteiger partial charge >= 0.3 is 0 Å². The van der Waals surface area contributed by atoms with E-state index >= 15 is 0 Å². The number of hydrogen-bond acceptors (Lipinski definition) is 5. The molecule has 1 fully saturated rings. The molecule has 0 aliphatic carbocycles. The van der Waals surface area contributed by atoms with E-state index in [1.54, 1.807) is 13.0 Å². The van der Waals surface area contributed by atoms with Crippen LogP contribution in [0.4, 0.5) is 5.69 Å². The summed E-state index contributed by atoms with van der Waals surface area (Å²) in [7, 11) is -2.16. The van der Waals surface area contributed by atoms with Gasteiger partial charge in [0.1, 0.15) is 10.6 Å². The number of ether oxygens (including phenoxy) is 2. The summed E-state index contributed by atoms with van der Waals surface area (Å²) in [5.74, 6) is 0.522. The second-order valence-corrected chi connectivity index (χ2v) is 6.55. The van der Waals surface area contributed by atoms with Gasteiger partial charge in [-0.15, -0.1) is 0 Å². The summed E-state index contributed by atoms with van der Waals surface area (Å²) < 4.78 is 37.8. The highest BCUT2D eigenvalue weighted by Gasteiger charge is 2.27. The minimum Gasteiger partial charge on any atom is -0.497 e. The molecule has 0 radical (unpaired) electrons. The number of hydrogen-bond donors (Lipinski definition) is 2. The molecule has 2 atom stereocenters. The normalized spacial score (nSPS) is 20.8. The largest absolute Gasteiger partial charge is 0.497 e. The minimum atomic E-state index is -3.66. The fraction of sp³-hybridized carbons (Fsp3) is 0.538. The van der Waals surface area contributed by atoms with Gasteiger partial charge in [-0.25, -0.2) is 13.1 Å². The van der Waals surface area contributed by atoms with Gasteiger partial charge in [-0.05, 0) is 31.9 Å². The Kier molecular flexibility index (Phi) is 4.52. The van der Waals surface area contributed by atoms with Gasteiger partial charge in [0.25, 0.3) is 0 Å². The van der Waals surface area contributed by atoms with Crippen molar-refractivity contribution in [2.45, 2.75) is 36.8 Å². The smallest absolute Gasteiger partial charge is 0.242 e. The first-order chi connectivity index (χ1) is 9.44. The number of nitrogens with two attached hydrogens (primary N) is 1. The van der Waals surface area contributed by atoms with E-state index < -0.39 is 10.0 Å². The van der Waals surface area contributed by atoms with E-state index in [1.807, 2.05) is 0 Å². The average molecular weight is 300 g/mol. The summed E-state index contributed by atoms with van der Waals surface area (Å²) in [4.78, 5) is 0.0585. The number of nitrogen functional groups attached to an aromatic ring is 1. The Balaban J connectivity index is 2.17. The molecule has 1 heterocycles. The zero-order valence-corrected chi connectivity index (χ0v) is 12.4. The molecule has 0 spiro atoms. The number of anilines is 1. The summed E-state index contributed by atoms with van der Waals surface area (Å²) in [6, 6.07) is 4.22. The Bertz CT molecular complexity index is 568. The third-order valence-electron chi connectivity index (χ3n) is 3.37. The number of nitrogens with one attached hydrogen (secondary N) is 1. The standard InChI is InChI=1S/C13H20N2O4S/c1-9(12-4-3-7-19-12)15-20(16,17)13-6-5-10(18-2)8-11(13)14/h5-6,8-9,12,15H,3-4,7,14H2,1-2H3. The van der Waals surface area contributed by atoms with Crippen LogP contribution in [0.5, 0.6) is 5.75 Å². The molecule has 0 aromatic heterocycles. The van der Waals surface area contributed by atoms with Gasteiger partial charge in [0.05, 0.1) is 18.9 Å². The molecule has 3 N–H and O–H groups in total. The van der Waals surface area contributed by atoms with Crippen LogP contribution in [0, 0.1) is 0 Å². The molecule has 1 aromatic rings. The van der Waals surface area contributed by atoms with E-state index in [-0.39, 0.29) is 22.7 Å². The number of rotatable bonds is 5. The maximum absolute atomic E-state index is 12.3. The molecule has 20 heavy (non-hydrogen) atoms. The van der Waals surface area contributed by atoms with Gasteiger partial charge in [-0.3, -0.25) is 0 Å². The van der Waals surface area contributed by atoms with E-state index in [1.165, 1.54) is 19.2 Å². The SMILES string of the molecule is COc1ccc(S(=O)(=O)NC(C)C2CCCO2)c(N)c1. The summed E-state index contributed by atoms with van der Waals surface area (Å²) in [6.07, 6.45) is 1.74. The fourth-order valence-corrected chi connectivity index (χ4v) is 3.66. The molecule has 0 bridgehead atoms. The lowest BCUT2D eigenvalue weighted by molar-refractivity contribution is 0.0902. The molecule has 2 rings (SSSR count). The second-order valence-electron chi connectivity index (χ2n) is 4.87. The summed E-state index contributed by atoms with van der Waals surface area (Å²) in [6.45, 7) is 2.48. The van der Waals surface area contributed by atoms with Crippen molar-refractivity contribution in [3.05, 3.63) is 18.2 Å². The van der Waals surface area contributed by atoms with Crippen molar-refractivity contribution in [3.63, 3.8) is 0 Å². The Morgan fingerprint density at radius 1 is 1.50 bits per heavy atom. The summed E-state index contributed by atoms with van der Waals surface area (Å²) in [5.41, 5.74) is 5.95. The first-order valence-electron chi connectivity index (χ1n) is 6.51. The molecule has 1 aromatic carbocycles. The first-order valence-corrected chi connectivity index (χ1v) is 8.00. The Hall–Kier alpha value is -1.31. The monoisotopic (exact) mass is 300 g/mol. The van der Waals surface area contributed by atoms with Gasteiger partial charge in [0, 0.05) is 18.7 Å². The van der Waals surface area contributed by atoms with Gasteiger partial charge in [-0.1, -0.05) is 0 Å². The molecule has 2 unspecified atom stereocenters. The van der Waals surface area contributed by atoms with Crippen molar-refractivity contribution in [1.29, 1.82) is 0 Å². The highest BCUT2D eigenvalue weighted by molar-refractivity contribution is 7.89. The molecule has 1 aliphatic heterocycles. The zero-order chi connectivity index (χ0) is 14.8. The third-order valence-corrected chi connectivity index (χ3v) is 5.00. The van der Waals surface area contributed by atoms with E-state index in [0.29, 0.717) is 12.4 Å². The molecule has 0 saturated carbocycles. The van der Waals surface area contributed by atoms with Crippen LogP contribution in [0.15, 0.2) is 23.1 Å². The van der Waals surface area contributed by atoms with Gasteiger partial charge in [-0.2, -0.15) is 0 Å². The van der Waals surface area contributed by atoms with Crippen LogP contribution in [0.1, 0.15) is 19.8 Å². The molecule has 6 nitrogen and oxygen atoms in total. The number of sulfonamides is 1. The van der Waals surface area contributed by atoms with Crippen molar-refractivity contribution < 1.29 is 17.9 Å². The molecule has 112 valence electrons. The lowest BCUT2D eigenvalue weighted by Gasteiger charge is -2.20. The van der Waals surface area contributed by atoms with Crippen LogP contribution in [-0.4, -0.2) is 34.3 Å². The number of benzene rings is 1. The third kappa shape index (κ3) is 3.23. The first kappa shape index (κ1) is 15.1. The highest BCUT2D eigenvalue weighted by Crippen LogP contribution is 2.24. The van der Waals surface area contributed by atoms with E-state index in [4.69, 9.17) is 15.2 Å². The van der Waals surface area contributed by atoms with E-state index in [2.05, 4.69) is 4.72 Å². The van der Waals surface area contributed by atoms with Crippen molar-refractivity contribution in [2.75, 3.05) is 19.5 Å². The Labute approximate surface area is 119 Å². The van der Waals surface area contributed by atoms with Crippen molar-refractivity contribution in [3.8, 4) is 5.75 Å². The Morgan fingerprint density at radius 2 is 2.25 bits per heavy atom. The maximum Gasteiger partial charge on any atom is 0.242 e. The predicted octanol–water partition coefficient (Wildman–Crippen LogP) is 1.12. The van der Waals surface area contributed by atoms with Crippen LogP contribution in [0.3, 0.4) is 0 Å². The zero-order valence-electron chi connectivity index (χ0n) is 11.6. The summed E-state index contributed by atoms with van der Waals surface area (Å²) >= 11 is 0. The van der Waals surface area contributed by atoms with Gasteiger partial charge in [0.15, 0.2) is 0 Å². The van der Waals surface area contributed by atoms with Crippen LogP contribution in [-0.2, 0) is 14.8 Å². The lowest BCUT2D eigenvalue weighted by Crippen LogP contribution is -2.40. The van der Waals surface area contributed by atoms with Crippen LogP contribution >= 0.6 is 0 Å². The average Bonchev–Trinajstić information content (AvgIpc) is 2.91. The molecule has 1 saturated heterocycles. The second kappa shape index (κ2) is 5.99. The van der Waals surface area contributed by atoms with Crippen LogP contribution < -0.4 is 15.2 Å². The van der Waals surface area contributed by atoms with E-state index in [9.17, 15) is 8.42 Å². The maximum atomic E-state index is 12.3. The van der Waals surface area contributed by atoms with Gasteiger partial charge in [0.2, 0.25) is 10.0 Å². The minimum absolute atomic E-state index is 0.0585. The topological polar surface area (TPSA) is 90.7 Å². The fourth-order valence-electron chi connectivity index (χ4n) is 2.28. The van der Waals surface area contributed by atoms with Crippen molar-refractivity contribution in [2.24, 2.45) is 0 Å². The quantitative estimate of drug-likeness (QED) is 0.795. The molecule has 0 amide bonds. The van der Waals surface area contributed by atoms with Crippen molar-refractivity contribution in [1.82, 2.24) is 4.72 Å². The van der Waals surface area contributed by atoms with Gasteiger partial charge < -0.3 is 15.2 Å². The predicted molar refractivity (Wildman–Crippen MR) is 76.2 cm³/mol. The van der Waals surface area contributed by atoms with Crippen LogP contribution in [0.2, 0.25) is 0 Å². The van der Waals surface area contributed by atoms with Crippen LogP contribution in [0.25, 0.3) is 0 Å². The van der Waals surface area contributed by atoms with Crippen molar-refractivity contribution >= 4 is 15.7 Å². The number of methoxy groups -OCH3 is 1.